The van der Waals surface area contributed by atoms with Gasteiger partial charge in [-0.2, -0.15) is 0 Å². The fraction of sp³-hybridized carbons (Fsp3) is 0.100. The average Bonchev–Trinajstić information content (AvgIpc) is 2.62. The minimum absolute atomic E-state index is 0.0182. The molecule has 8 heteroatoms. The van der Waals surface area contributed by atoms with Crippen LogP contribution in [-0.2, 0) is 9.53 Å². The van der Waals surface area contributed by atoms with Gasteiger partial charge in [0.2, 0.25) is 5.76 Å². The summed E-state index contributed by atoms with van der Waals surface area (Å²) in [4.78, 5) is 21.2. The van der Waals surface area contributed by atoms with Crippen LogP contribution in [0.4, 0.5) is 5.69 Å². The third kappa shape index (κ3) is 2.12. The van der Waals surface area contributed by atoms with Crippen molar-refractivity contribution in [1.82, 2.24) is 0 Å². The minimum atomic E-state index is -1.05. The van der Waals surface area contributed by atoms with Gasteiger partial charge in [-0.15, -0.1) is 0 Å². The zero-order valence-corrected chi connectivity index (χ0v) is 10.1. The number of carbonyl (C=O) groups is 1. The number of nitrogens with zero attached hydrogens (tertiary/aromatic N) is 1. The Morgan fingerprint density at radius 3 is 2.44 bits per heavy atom. The van der Waals surface area contributed by atoms with Crippen molar-refractivity contribution in [2.24, 2.45) is 0 Å². The van der Waals surface area contributed by atoms with Gasteiger partial charge in [0.05, 0.1) is 20.5 Å². The van der Waals surface area contributed by atoms with E-state index in [4.69, 9.17) is 33.0 Å². The molecule has 1 heterocycles. The molecular formula is C10H5Cl2NO5. The molecule has 0 bridgehead atoms. The van der Waals surface area contributed by atoms with E-state index >= 15 is 0 Å². The zero-order valence-electron chi connectivity index (χ0n) is 8.59. The Hall–Kier alpha value is -1.79. The van der Waals surface area contributed by atoms with Crippen LogP contribution < -0.4 is 0 Å². The number of nitro benzene ring substituents is 1. The van der Waals surface area contributed by atoms with Gasteiger partial charge in [-0.3, -0.25) is 10.1 Å². The summed E-state index contributed by atoms with van der Waals surface area (Å²) in [5.74, 6) is -1.54. The van der Waals surface area contributed by atoms with Crippen molar-refractivity contribution >= 4 is 34.9 Å². The Morgan fingerprint density at radius 2 is 1.94 bits per heavy atom. The number of nitro groups is 1. The Morgan fingerprint density at radius 1 is 1.33 bits per heavy atom. The molecular weight excluding hydrogens is 285 g/mol. The van der Waals surface area contributed by atoms with Gasteiger partial charge >= 0.3 is 5.97 Å². The van der Waals surface area contributed by atoms with E-state index < -0.39 is 22.8 Å². The van der Waals surface area contributed by atoms with Crippen molar-refractivity contribution in [3.05, 3.63) is 49.7 Å². The standard InChI is InChI=1S/C10H5Cl2NO5/c11-5-1-4(7(13(16)17)2-6(5)12)9-3-8(14)10(15)18-9/h1-3,9,14H. The lowest BCUT2D eigenvalue weighted by Crippen LogP contribution is -2.05. The summed E-state index contributed by atoms with van der Waals surface area (Å²) < 4.78 is 4.76. The fourth-order valence-electron chi connectivity index (χ4n) is 1.51. The second kappa shape index (κ2) is 4.47. The third-order valence-electron chi connectivity index (χ3n) is 2.33. The molecule has 0 fully saturated rings. The first-order valence-corrected chi connectivity index (χ1v) is 5.41. The van der Waals surface area contributed by atoms with Gasteiger partial charge in [0, 0.05) is 12.1 Å². The molecule has 0 aromatic heterocycles. The van der Waals surface area contributed by atoms with Gasteiger partial charge in [0.25, 0.3) is 5.69 Å². The summed E-state index contributed by atoms with van der Waals surface area (Å²) >= 11 is 11.4. The van der Waals surface area contributed by atoms with E-state index in [1.165, 1.54) is 6.07 Å². The summed E-state index contributed by atoms with van der Waals surface area (Å²) in [6.45, 7) is 0. The number of aliphatic hydroxyl groups is 1. The number of halogens is 2. The quantitative estimate of drug-likeness (QED) is 0.513. The SMILES string of the molecule is O=C1OC(c2cc(Cl)c(Cl)cc2[N+](=O)[O-])C=C1O. The highest BCUT2D eigenvalue weighted by atomic mass is 35.5. The molecule has 1 atom stereocenters. The highest BCUT2D eigenvalue weighted by Crippen LogP contribution is 2.38. The minimum Gasteiger partial charge on any atom is -0.502 e. The number of carbonyl (C=O) groups excluding carboxylic acids is 1. The molecule has 18 heavy (non-hydrogen) atoms. The number of benzene rings is 1. The predicted molar refractivity (Wildman–Crippen MR) is 62.7 cm³/mol. The fourth-order valence-corrected chi connectivity index (χ4v) is 1.84. The maximum atomic E-state index is 11.0. The largest absolute Gasteiger partial charge is 0.502 e. The lowest BCUT2D eigenvalue weighted by atomic mass is 10.1. The van der Waals surface area contributed by atoms with Crippen LogP contribution in [0.15, 0.2) is 24.0 Å². The van der Waals surface area contributed by atoms with Crippen LogP contribution in [-0.4, -0.2) is 16.0 Å². The number of aliphatic hydroxyl groups excluding tert-OH is 1. The van der Waals surface area contributed by atoms with Crippen molar-refractivity contribution in [2.45, 2.75) is 6.10 Å². The highest BCUT2D eigenvalue weighted by Gasteiger charge is 2.32. The number of hydrogen-bond acceptors (Lipinski definition) is 5. The highest BCUT2D eigenvalue weighted by molar-refractivity contribution is 6.42. The van der Waals surface area contributed by atoms with Crippen molar-refractivity contribution in [2.75, 3.05) is 0 Å². The molecule has 0 saturated heterocycles. The monoisotopic (exact) mass is 289 g/mol. The Balaban J connectivity index is 2.54. The van der Waals surface area contributed by atoms with E-state index in [0.29, 0.717) is 0 Å². The van der Waals surface area contributed by atoms with Crippen LogP contribution in [0, 0.1) is 10.1 Å². The van der Waals surface area contributed by atoms with Crippen molar-refractivity contribution in [3.8, 4) is 0 Å². The van der Waals surface area contributed by atoms with Crippen molar-refractivity contribution in [3.63, 3.8) is 0 Å². The molecule has 94 valence electrons. The molecule has 1 aromatic rings. The van der Waals surface area contributed by atoms with Gasteiger partial charge < -0.3 is 9.84 Å². The van der Waals surface area contributed by atoms with Crippen LogP contribution >= 0.6 is 23.2 Å². The second-order valence-corrected chi connectivity index (χ2v) is 4.27. The third-order valence-corrected chi connectivity index (χ3v) is 3.05. The lowest BCUT2D eigenvalue weighted by molar-refractivity contribution is -0.386. The van der Waals surface area contributed by atoms with Gasteiger partial charge in [-0.05, 0) is 6.07 Å². The molecule has 2 rings (SSSR count). The van der Waals surface area contributed by atoms with Crippen LogP contribution in [0.5, 0.6) is 0 Å². The molecule has 0 amide bonds. The van der Waals surface area contributed by atoms with E-state index in [1.807, 2.05) is 0 Å². The van der Waals surface area contributed by atoms with Crippen molar-refractivity contribution < 1.29 is 19.6 Å². The van der Waals surface area contributed by atoms with Crippen LogP contribution in [0.25, 0.3) is 0 Å². The molecule has 1 unspecified atom stereocenters. The smallest absolute Gasteiger partial charge is 0.374 e. The summed E-state index contributed by atoms with van der Waals surface area (Å²) in [7, 11) is 0. The summed E-state index contributed by atoms with van der Waals surface area (Å²) in [5, 5.41) is 20.1. The zero-order chi connectivity index (χ0) is 13.4. The molecule has 0 spiro atoms. The summed E-state index contributed by atoms with van der Waals surface area (Å²) in [6, 6.07) is 2.30. The van der Waals surface area contributed by atoms with Crippen LogP contribution in [0.3, 0.4) is 0 Å². The number of cyclic esters (lactones) is 1. The molecule has 1 aromatic carbocycles. The van der Waals surface area contributed by atoms with Crippen LogP contribution in [0.1, 0.15) is 11.7 Å². The van der Waals surface area contributed by atoms with Gasteiger partial charge in [-0.25, -0.2) is 4.79 Å². The van der Waals surface area contributed by atoms with E-state index in [9.17, 15) is 14.9 Å². The molecule has 1 N–H and O–H groups in total. The first kappa shape index (κ1) is 12.7. The van der Waals surface area contributed by atoms with E-state index in [1.54, 1.807) is 0 Å². The Labute approximate surface area is 111 Å². The van der Waals surface area contributed by atoms with Gasteiger partial charge in [0.15, 0.2) is 6.10 Å². The normalized spacial score (nSPS) is 18.4. The van der Waals surface area contributed by atoms with E-state index in [2.05, 4.69) is 0 Å². The lowest BCUT2D eigenvalue weighted by Gasteiger charge is -2.09. The molecule has 0 radical (unpaired) electrons. The topological polar surface area (TPSA) is 89.7 Å². The van der Waals surface area contributed by atoms with E-state index in [-0.39, 0.29) is 21.3 Å². The molecule has 1 aliphatic rings. The summed E-state index contributed by atoms with van der Waals surface area (Å²) in [5.41, 5.74) is -0.292. The van der Waals surface area contributed by atoms with Gasteiger partial charge in [0.1, 0.15) is 0 Å². The first-order valence-electron chi connectivity index (χ1n) is 4.65. The first-order chi connectivity index (χ1) is 8.40. The number of hydrogen-bond donors (Lipinski definition) is 1. The average molecular weight is 290 g/mol. The van der Waals surface area contributed by atoms with Crippen molar-refractivity contribution in [1.29, 1.82) is 0 Å². The number of ether oxygens (including phenoxy) is 1. The van der Waals surface area contributed by atoms with Gasteiger partial charge in [-0.1, -0.05) is 23.2 Å². The molecule has 0 aliphatic carbocycles. The second-order valence-electron chi connectivity index (χ2n) is 3.46. The predicted octanol–water partition coefficient (Wildman–Crippen LogP) is 2.94. The molecule has 6 nitrogen and oxygen atoms in total. The maximum absolute atomic E-state index is 11.0. The van der Waals surface area contributed by atoms with Crippen LogP contribution in [0.2, 0.25) is 10.0 Å². The molecule has 0 saturated carbocycles. The molecule has 1 aliphatic heterocycles. The number of esters is 1. The maximum Gasteiger partial charge on any atom is 0.374 e. The number of rotatable bonds is 2. The van der Waals surface area contributed by atoms with E-state index in [0.717, 1.165) is 12.1 Å². The Kier molecular flexibility index (Phi) is 3.14. The summed E-state index contributed by atoms with van der Waals surface area (Å²) in [6.07, 6.45) is 0.0159. The Bertz CT molecular complexity index is 584.